The summed E-state index contributed by atoms with van der Waals surface area (Å²) in [6.45, 7) is 0. The fourth-order valence-electron chi connectivity index (χ4n) is 2.06. The Hall–Kier alpha value is -1.15. The Bertz CT molecular complexity index is 302. The molecule has 0 bridgehead atoms. The molecule has 0 spiro atoms. The molecule has 1 aromatic rings. The predicted molar refractivity (Wildman–Crippen MR) is 58.6 cm³/mol. The highest BCUT2D eigenvalue weighted by Gasteiger charge is 2.20. The average Bonchev–Trinajstić information content (AvgIpc) is 2.80. The number of hydrogen-bond donors (Lipinski definition) is 0. The number of rotatable bonds is 4. The fraction of sp³-hybridized carbons (Fsp3) is 0.462. The lowest BCUT2D eigenvalue weighted by Crippen LogP contribution is -2.14. The molecule has 0 amide bonds. The molecule has 2 heteroatoms. The van der Waals surface area contributed by atoms with Crippen molar-refractivity contribution in [1.82, 2.24) is 0 Å². The number of carbonyl (C=O) groups is 1. The van der Waals surface area contributed by atoms with Crippen molar-refractivity contribution in [3.63, 3.8) is 0 Å². The molecule has 15 heavy (non-hydrogen) atoms. The summed E-state index contributed by atoms with van der Waals surface area (Å²) >= 11 is 0. The first-order chi connectivity index (χ1) is 7.40. The van der Waals surface area contributed by atoms with E-state index in [0.717, 1.165) is 24.7 Å². The van der Waals surface area contributed by atoms with Gasteiger partial charge in [0.25, 0.3) is 0 Å². The maximum absolute atomic E-state index is 11.0. The van der Waals surface area contributed by atoms with Gasteiger partial charge in [0.15, 0.2) is 6.29 Å². The minimum absolute atomic E-state index is 0.278. The topological polar surface area (TPSA) is 26.3 Å². The lowest BCUT2D eigenvalue weighted by atomic mass is 10.1. The van der Waals surface area contributed by atoms with Crippen molar-refractivity contribution in [2.75, 3.05) is 0 Å². The molecule has 1 atom stereocenters. The average molecular weight is 204 g/mol. The van der Waals surface area contributed by atoms with Crippen LogP contribution in [0, 0.1) is 0 Å². The van der Waals surface area contributed by atoms with Gasteiger partial charge in [-0.1, -0.05) is 43.2 Å². The van der Waals surface area contributed by atoms with E-state index in [9.17, 15) is 4.79 Å². The molecule has 0 heterocycles. The second-order valence-electron chi connectivity index (χ2n) is 4.01. The second kappa shape index (κ2) is 5.08. The van der Waals surface area contributed by atoms with E-state index in [0.29, 0.717) is 0 Å². The summed E-state index contributed by atoms with van der Waals surface area (Å²) in [4.78, 5) is 11.0. The molecule has 2 rings (SSSR count). The van der Waals surface area contributed by atoms with Gasteiger partial charge in [0.2, 0.25) is 0 Å². The van der Waals surface area contributed by atoms with Gasteiger partial charge in [0, 0.05) is 0 Å². The predicted octanol–water partition coefficient (Wildman–Crippen LogP) is 2.89. The van der Waals surface area contributed by atoms with E-state index < -0.39 is 0 Å². The molecular formula is C13H16O2. The van der Waals surface area contributed by atoms with Crippen LogP contribution in [-0.2, 0) is 9.53 Å². The SMILES string of the molecule is O=CC(OC1CCCC1)c1ccccc1. The molecule has 1 aliphatic carbocycles. The van der Waals surface area contributed by atoms with Crippen LogP contribution in [0.3, 0.4) is 0 Å². The fourth-order valence-corrected chi connectivity index (χ4v) is 2.06. The smallest absolute Gasteiger partial charge is 0.153 e. The van der Waals surface area contributed by atoms with E-state index in [-0.39, 0.29) is 12.2 Å². The molecule has 1 fully saturated rings. The monoisotopic (exact) mass is 204 g/mol. The van der Waals surface area contributed by atoms with Gasteiger partial charge < -0.3 is 9.53 Å². The highest BCUT2D eigenvalue weighted by molar-refractivity contribution is 5.59. The van der Waals surface area contributed by atoms with Crippen molar-refractivity contribution < 1.29 is 9.53 Å². The number of hydrogen-bond acceptors (Lipinski definition) is 2. The van der Waals surface area contributed by atoms with E-state index in [4.69, 9.17) is 4.74 Å². The number of aldehydes is 1. The van der Waals surface area contributed by atoms with Gasteiger partial charge in [-0.15, -0.1) is 0 Å². The first-order valence-corrected chi connectivity index (χ1v) is 5.56. The lowest BCUT2D eigenvalue weighted by Gasteiger charge is -2.17. The van der Waals surface area contributed by atoms with Gasteiger partial charge >= 0.3 is 0 Å². The highest BCUT2D eigenvalue weighted by atomic mass is 16.5. The zero-order valence-electron chi connectivity index (χ0n) is 8.76. The molecule has 0 N–H and O–H groups in total. The van der Waals surface area contributed by atoms with Crippen molar-refractivity contribution in [3.8, 4) is 0 Å². The van der Waals surface area contributed by atoms with Gasteiger partial charge in [-0.2, -0.15) is 0 Å². The zero-order valence-corrected chi connectivity index (χ0v) is 8.76. The molecule has 1 aliphatic rings. The number of carbonyl (C=O) groups excluding carboxylic acids is 1. The van der Waals surface area contributed by atoms with Gasteiger partial charge in [0.1, 0.15) is 6.10 Å². The van der Waals surface area contributed by atoms with Gasteiger partial charge in [0.05, 0.1) is 6.10 Å². The third kappa shape index (κ3) is 2.66. The molecule has 2 nitrogen and oxygen atoms in total. The van der Waals surface area contributed by atoms with E-state index in [1.54, 1.807) is 0 Å². The molecule has 0 aliphatic heterocycles. The molecule has 0 radical (unpaired) electrons. The second-order valence-corrected chi connectivity index (χ2v) is 4.01. The summed E-state index contributed by atoms with van der Waals surface area (Å²) in [6.07, 6.45) is 5.44. The maximum Gasteiger partial charge on any atom is 0.153 e. The first-order valence-electron chi connectivity index (χ1n) is 5.56. The quantitative estimate of drug-likeness (QED) is 0.705. The third-order valence-electron chi connectivity index (χ3n) is 2.89. The van der Waals surface area contributed by atoms with Crippen LogP contribution in [0.5, 0.6) is 0 Å². The highest BCUT2D eigenvalue weighted by Crippen LogP contribution is 2.26. The number of ether oxygens (including phenoxy) is 1. The van der Waals surface area contributed by atoms with Gasteiger partial charge in [-0.25, -0.2) is 0 Å². The minimum atomic E-state index is -0.380. The summed E-state index contributed by atoms with van der Waals surface area (Å²) < 4.78 is 5.78. The molecule has 0 saturated heterocycles. The molecule has 1 unspecified atom stereocenters. The summed E-state index contributed by atoms with van der Waals surface area (Å²) in [5.74, 6) is 0. The lowest BCUT2D eigenvalue weighted by molar-refractivity contribution is -0.122. The van der Waals surface area contributed by atoms with Crippen molar-refractivity contribution in [2.24, 2.45) is 0 Å². The molecule has 80 valence electrons. The van der Waals surface area contributed by atoms with Crippen molar-refractivity contribution >= 4 is 6.29 Å². The molecule has 1 aromatic carbocycles. The normalized spacial score (nSPS) is 18.9. The summed E-state index contributed by atoms with van der Waals surface area (Å²) in [7, 11) is 0. The summed E-state index contributed by atoms with van der Waals surface area (Å²) in [5, 5.41) is 0. The van der Waals surface area contributed by atoms with Crippen LogP contribution in [0.2, 0.25) is 0 Å². The van der Waals surface area contributed by atoms with Crippen LogP contribution < -0.4 is 0 Å². The summed E-state index contributed by atoms with van der Waals surface area (Å²) in [5.41, 5.74) is 0.958. The Morgan fingerprint density at radius 3 is 2.47 bits per heavy atom. The van der Waals surface area contributed by atoms with Crippen LogP contribution >= 0.6 is 0 Å². The van der Waals surface area contributed by atoms with Gasteiger partial charge in [-0.05, 0) is 18.4 Å². The Morgan fingerprint density at radius 1 is 1.20 bits per heavy atom. The Balaban J connectivity index is 2.01. The minimum Gasteiger partial charge on any atom is -0.363 e. The van der Waals surface area contributed by atoms with Crippen LogP contribution in [0.1, 0.15) is 37.4 Å². The Kier molecular flexibility index (Phi) is 3.51. The standard InChI is InChI=1S/C13H16O2/c14-10-13(11-6-2-1-3-7-11)15-12-8-4-5-9-12/h1-3,6-7,10,12-13H,4-5,8-9H2. The van der Waals surface area contributed by atoms with Gasteiger partial charge in [-0.3, -0.25) is 0 Å². The van der Waals surface area contributed by atoms with E-state index in [1.807, 2.05) is 30.3 Å². The summed E-state index contributed by atoms with van der Waals surface area (Å²) in [6, 6.07) is 9.69. The third-order valence-corrected chi connectivity index (χ3v) is 2.89. The van der Waals surface area contributed by atoms with E-state index >= 15 is 0 Å². The zero-order chi connectivity index (χ0) is 10.5. The largest absolute Gasteiger partial charge is 0.363 e. The Morgan fingerprint density at radius 2 is 1.87 bits per heavy atom. The van der Waals surface area contributed by atoms with Crippen LogP contribution in [0.4, 0.5) is 0 Å². The van der Waals surface area contributed by atoms with Crippen molar-refractivity contribution in [2.45, 2.75) is 37.9 Å². The van der Waals surface area contributed by atoms with Crippen LogP contribution in [0.15, 0.2) is 30.3 Å². The molecule has 0 aromatic heterocycles. The van der Waals surface area contributed by atoms with Crippen molar-refractivity contribution in [3.05, 3.63) is 35.9 Å². The van der Waals surface area contributed by atoms with Crippen LogP contribution in [0.25, 0.3) is 0 Å². The molecule has 1 saturated carbocycles. The van der Waals surface area contributed by atoms with Crippen molar-refractivity contribution in [1.29, 1.82) is 0 Å². The van der Waals surface area contributed by atoms with E-state index in [2.05, 4.69) is 0 Å². The maximum atomic E-state index is 11.0. The molecular weight excluding hydrogens is 188 g/mol. The van der Waals surface area contributed by atoms with E-state index in [1.165, 1.54) is 12.8 Å². The van der Waals surface area contributed by atoms with Crippen LogP contribution in [-0.4, -0.2) is 12.4 Å². The first kappa shape index (κ1) is 10.4. The Labute approximate surface area is 90.3 Å². The number of benzene rings is 1.